The van der Waals surface area contributed by atoms with Gasteiger partial charge in [0.15, 0.2) is 21.3 Å². The number of sulfone groups is 1. The van der Waals surface area contributed by atoms with Crippen LogP contribution in [-0.2, 0) is 9.84 Å². The van der Waals surface area contributed by atoms with E-state index in [9.17, 15) is 13.2 Å². The van der Waals surface area contributed by atoms with Crippen LogP contribution in [0.5, 0.6) is 0 Å². The summed E-state index contributed by atoms with van der Waals surface area (Å²) >= 11 is 0. The Balaban J connectivity index is 2.36. The zero-order valence-corrected chi connectivity index (χ0v) is 11.2. The summed E-state index contributed by atoms with van der Waals surface area (Å²) in [6.07, 6.45) is 0. The van der Waals surface area contributed by atoms with Crippen LogP contribution < -0.4 is 10.6 Å². The maximum atomic E-state index is 11.5. The summed E-state index contributed by atoms with van der Waals surface area (Å²) < 4.78 is 23.1. The van der Waals surface area contributed by atoms with Crippen LogP contribution in [0, 0.1) is 0 Å². The van der Waals surface area contributed by atoms with E-state index < -0.39 is 15.8 Å². The quantitative estimate of drug-likeness (QED) is 0.785. The van der Waals surface area contributed by atoms with E-state index in [0.29, 0.717) is 11.5 Å². The number of pyridine rings is 1. The zero-order valence-electron chi connectivity index (χ0n) is 10.4. The number of carboxylic acids is 1. The predicted molar refractivity (Wildman–Crippen MR) is 71.1 cm³/mol. The largest absolute Gasteiger partial charge is 0.477 e. The van der Waals surface area contributed by atoms with Crippen LogP contribution in [0.2, 0.25) is 0 Å². The molecule has 8 heteroatoms. The number of aromatic carboxylic acids is 1. The van der Waals surface area contributed by atoms with Gasteiger partial charge in [-0.2, -0.15) is 0 Å². The first-order chi connectivity index (χ1) is 8.80. The highest BCUT2D eigenvalue weighted by Crippen LogP contribution is 2.25. The Kier molecular flexibility index (Phi) is 3.36. The van der Waals surface area contributed by atoms with Crippen LogP contribution in [0.25, 0.3) is 0 Å². The second-order valence-corrected chi connectivity index (χ2v) is 6.80. The van der Waals surface area contributed by atoms with Gasteiger partial charge in [-0.1, -0.05) is 0 Å². The molecule has 2 heterocycles. The molecule has 0 saturated carbocycles. The Bertz CT molecular complexity index is 614. The summed E-state index contributed by atoms with van der Waals surface area (Å²) in [5.74, 6) is -0.762. The van der Waals surface area contributed by atoms with E-state index >= 15 is 0 Å². The molecule has 0 bridgehead atoms. The number of nitrogens with two attached hydrogens (primary N) is 1. The summed E-state index contributed by atoms with van der Waals surface area (Å²) in [4.78, 5) is 16.7. The van der Waals surface area contributed by atoms with Crippen LogP contribution >= 0.6 is 0 Å². The van der Waals surface area contributed by atoms with Crippen molar-refractivity contribution in [2.24, 2.45) is 0 Å². The molecule has 1 aromatic rings. The fraction of sp³-hybridized carbons (Fsp3) is 0.455. The van der Waals surface area contributed by atoms with E-state index in [2.05, 4.69) is 4.98 Å². The molecule has 104 valence electrons. The first kappa shape index (κ1) is 13.6. The number of carboxylic acid groups (broad SMARTS) is 1. The molecule has 1 aliphatic heterocycles. The lowest BCUT2D eigenvalue weighted by Crippen LogP contribution is -2.47. The minimum absolute atomic E-state index is 0.0193. The average molecular weight is 285 g/mol. The molecule has 1 aliphatic rings. The van der Waals surface area contributed by atoms with Gasteiger partial charge in [0.25, 0.3) is 0 Å². The van der Waals surface area contributed by atoms with Crippen molar-refractivity contribution in [2.45, 2.75) is 13.0 Å². The Hall–Kier alpha value is -1.83. The molecule has 0 aromatic carbocycles. The van der Waals surface area contributed by atoms with Gasteiger partial charge in [-0.3, -0.25) is 0 Å². The van der Waals surface area contributed by atoms with Crippen LogP contribution in [0.3, 0.4) is 0 Å². The van der Waals surface area contributed by atoms with E-state index in [0.717, 1.165) is 0 Å². The molecule has 1 unspecified atom stereocenters. The standard InChI is InChI=1S/C11H15N3O4S/c1-7-6-19(17,18)5-4-14(7)10-8(12)2-3-9(13-10)11(15)16/h2-3,7H,4-6,12H2,1H3,(H,15,16). The van der Waals surface area contributed by atoms with E-state index in [-0.39, 0.29) is 29.8 Å². The van der Waals surface area contributed by atoms with Crippen molar-refractivity contribution in [1.29, 1.82) is 0 Å². The summed E-state index contributed by atoms with van der Waals surface area (Å²) in [7, 11) is -3.04. The van der Waals surface area contributed by atoms with Gasteiger partial charge in [0, 0.05) is 12.6 Å². The van der Waals surface area contributed by atoms with Crippen molar-refractivity contribution >= 4 is 27.3 Å². The van der Waals surface area contributed by atoms with Crippen molar-refractivity contribution in [3.63, 3.8) is 0 Å². The van der Waals surface area contributed by atoms with Gasteiger partial charge in [-0.05, 0) is 19.1 Å². The van der Waals surface area contributed by atoms with Crippen molar-refractivity contribution in [1.82, 2.24) is 4.98 Å². The van der Waals surface area contributed by atoms with Gasteiger partial charge in [-0.15, -0.1) is 0 Å². The molecule has 2 rings (SSSR count). The first-order valence-corrected chi connectivity index (χ1v) is 7.59. The molecule has 1 fully saturated rings. The smallest absolute Gasteiger partial charge is 0.354 e. The van der Waals surface area contributed by atoms with Gasteiger partial charge in [0.2, 0.25) is 0 Å². The van der Waals surface area contributed by atoms with Crippen LogP contribution in [-0.4, -0.2) is 48.6 Å². The molecular formula is C11H15N3O4S. The highest BCUT2D eigenvalue weighted by Gasteiger charge is 2.30. The number of hydrogen-bond donors (Lipinski definition) is 2. The summed E-state index contributed by atoms with van der Waals surface area (Å²) in [5, 5.41) is 8.93. The summed E-state index contributed by atoms with van der Waals surface area (Å²) in [5.41, 5.74) is 6.04. The molecule has 1 atom stereocenters. The van der Waals surface area contributed by atoms with Crippen molar-refractivity contribution < 1.29 is 18.3 Å². The molecule has 0 radical (unpaired) electrons. The number of aromatic nitrogens is 1. The van der Waals surface area contributed by atoms with E-state index in [1.165, 1.54) is 12.1 Å². The predicted octanol–water partition coefficient (Wildman–Crippen LogP) is -0.0147. The summed E-state index contributed by atoms with van der Waals surface area (Å²) in [6.45, 7) is 2.02. The Morgan fingerprint density at radius 3 is 2.79 bits per heavy atom. The Labute approximate surface area is 111 Å². The number of nitrogen functional groups attached to an aromatic ring is 1. The first-order valence-electron chi connectivity index (χ1n) is 5.77. The van der Waals surface area contributed by atoms with Crippen molar-refractivity contribution in [2.75, 3.05) is 28.7 Å². The monoisotopic (exact) mass is 285 g/mol. The third kappa shape index (κ3) is 2.78. The van der Waals surface area contributed by atoms with Crippen LogP contribution in [0.1, 0.15) is 17.4 Å². The van der Waals surface area contributed by atoms with Gasteiger partial charge in [0.1, 0.15) is 0 Å². The Morgan fingerprint density at radius 2 is 2.21 bits per heavy atom. The second kappa shape index (κ2) is 4.69. The van der Waals surface area contributed by atoms with E-state index in [1.807, 2.05) is 0 Å². The molecular weight excluding hydrogens is 270 g/mol. The van der Waals surface area contributed by atoms with Gasteiger partial charge >= 0.3 is 5.97 Å². The van der Waals surface area contributed by atoms with Gasteiger partial charge < -0.3 is 15.7 Å². The lowest BCUT2D eigenvalue weighted by atomic mass is 10.2. The molecule has 0 aliphatic carbocycles. The molecule has 1 aromatic heterocycles. The normalized spacial score (nSPS) is 22.2. The molecule has 1 saturated heterocycles. The highest BCUT2D eigenvalue weighted by molar-refractivity contribution is 7.91. The molecule has 0 amide bonds. The number of hydrogen-bond acceptors (Lipinski definition) is 6. The van der Waals surface area contributed by atoms with Crippen molar-refractivity contribution in [3.05, 3.63) is 17.8 Å². The van der Waals surface area contributed by atoms with Crippen molar-refractivity contribution in [3.8, 4) is 0 Å². The molecule has 3 N–H and O–H groups in total. The molecule has 7 nitrogen and oxygen atoms in total. The summed E-state index contributed by atoms with van der Waals surface area (Å²) in [6, 6.07) is 2.52. The number of nitrogens with zero attached hydrogens (tertiary/aromatic N) is 2. The van der Waals surface area contributed by atoms with E-state index in [4.69, 9.17) is 10.8 Å². The minimum atomic E-state index is -3.04. The van der Waals surface area contributed by atoms with Gasteiger partial charge in [0.05, 0.1) is 17.2 Å². The fourth-order valence-corrected chi connectivity index (χ4v) is 3.68. The third-order valence-electron chi connectivity index (χ3n) is 3.07. The molecule has 0 spiro atoms. The van der Waals surface area contributed by atoms with Crippen LogP contribution in [0.4, 0.5) is 11.5 Å². The topological polar surface area (TPSA) is 114 Å². The van der Waals surface area contributed by atoms with E-state index in [1.54, 1.807) is 11.8 Å². The van der Waals surface area contributed by atoms with Gasteiger partial charge in [-0.25, -0.2) is 18.2 Å². The number of anilines is 2. The molecule has 19 heavy (non-hydrogen) atoms. The second-order valence-electron chi connectivity index (χ2n) is 4.57. The minimum Gasteiger partial charge on any atom is -0.477 e. The number of rotatable bonds is 2. The third-order valence-corrected chi connectivity index (χ3v) is 4.86. The maximum absolute atomic E-state index is 11.5. The lowest BCUT2D eigenvalue weighted by molar-refractivity contribution is 0.0690. The SMILES string of the molecule is CC1CS(=O)(=O)CCN1c1nc(C(=O)O)ccc1N. The zero-order chi connectivity index (χ0) is 14.2. The lowest BCUT2D eigenvalue weighted by Gasteiger charge is -2.34. The highest BCUT2D eigenvalue weighted by atomic mass is 32.2. The Morgan fingerprint density at radius 1 is 1.53 bits per heavy atom. The average Bonchev–Trinajstić information content (AvgIpc) is 2.29. The maximum Gasteiger partial charge on any atom is 0.354 e. The fourth-order valence-electron chi connectivity index (χ4n) is 2.12. The van der Waals surface area contributed by atoms with Crippen LogP contribution in [0.15, 0.2) is 12.1 Å². The number of carbonyl (C=O) groups is 1.